The van der Waals surface area contributed by atoms with E-state index in [0.717, 1.165) is 26.1 Å². The molecule has 3 N–H and O–H groups in total. The van der Waals surface area contributed by atoms with E-state index in [1.165, 1.54) is 167 Å². The van der Waals surface area contributed by atoms with Gasteiger partial charge >= 0.3 is 0 Å². The molecule has 5 heteroatoms. The van der Waals surface area contributed by atoms with Crippen molar-refractivity contribution in [3.63, 3.8) is 0 Å². The Morgan fingerprint density at radius 1 is 0.419 bits per heavy atom. The van der Waals surface area contributed by atoms with E-state index in [9.17, 15) is 5.11 Å². The predicted octanol–water partition coefficient (Wildman–Crippen LogP) is 10.7. The number of ether oxygens (including phenoxy) is 3. The van der Waals surface area contributed by atoms with Gasteiger partial charge in [-0.3, -0.25) is 0 Å². The molecule has 1 atom stereocenters. The highest BCUT2D eigenvalue weighted by Crippen LogP contribution is 2.14. The summed E-state index contributed by atoms with van der Waals surface area (Å²) < 4.78 is 17.7. The van der Waals surface area contributed by atoms with E-state index < -0.39 is 6.10 Å². The van der Waals surface area contributed by atoms with E-state index in [4.69, 9.17) is 19.9 Å². The molecule has 0 bridgehead atoms. The second kappa shape index (κ2) is 38.0. The van der Waals surface area contributed by atoms with Crippen LogP contribution in [0.25, 0.3) is 0 Å². The van der Waals surface area contributed by atoms with E-state index in [-0.39, 0.29) is 19.3 Å². The number of rotatable bonds is 38. The van der Waals surface area contributed by atoms with Crippen LogP contribution in [0, 0.1) is 0 Å². The molecule has 0 amide bonds. The average molecular weight is 614 g/mol. The molecule has 0 saturated heterocycles. The van der Waals surface area contributed by atoms with Crippen LogP contribution in [-0.2, 0) is 14.2 Å². The fourth-order valence-electron chi connectivity index (χ4n) is 5.69. The Labute approximate surface area is 270 Å². The average Bonchev–Trinajstić information content (AvgIpc) is 3.02. The van der Waals surface area contributed by atoms with E-state index in [0.29, 0.717) is 13.2 Å². The lowest BCUT2D eigenvalue weighted by molar-refractivity contribution is -0.0805. The molecule has 5 nitrogen and oxygen atoms in total. The Morgan fingerprint density at radius 3 is 0.977 bits per heavy atom. The van der Waals surface area contributed by atoms with E-state index in [1.807, 2.05) is 0 Å². The monoisotopic (exact) mass is 614 g/mol. The molecule has 0 aliphatic heterocycles. The molecular formula is C38H79NO4. The molecule has 0 aliphatic rings. The van der Waals surface area contributed by atoms with Gasteiger partial charge in [0.15, 0.2) is 0 Å². The first kappa shape index (κ1) is 42.8. The summed E-state index contributed by atoms with van der Waals surface area (Å²) in [6.07, 6.45) is 37.5. The van der Waals surface area contributed by atoms with E-state index in [2.05, 4.69) is 13.8 Å². The molecule has 0 aromatic rings. The summed E-state index contributed by atoms with van der Waals surface area (Å²) in [7, 11) is 0. The minimum Gasteiger partial charge on any atom is -0.389 e. The van der Waals surface area contributed by atoms with Gasteiger partial charge in [-0.1, -0.05) is 181 Å². The Hall–Kier alpha value is -0.200. The number of hydrogen-bond donors (Lipinski definition) is 2. The molecule has 260 valence electrons. The van der Waals surface area contributed by atoms with Crippen molar-refractivity contribution in [1.29, 1.82) is 0 Å². The maximum Gasteiger partial charge on any atom is 0.104 e. The quantitative estimate of drug-likeness (QED) is 0.0678. The van der Waals surface area contributed by atoms with Gasteiger partial charge in [0.05, 0.1) is 25.9 Å². The smallest absolute Gasteiger partial charge is 0.104 e. The van der Waals surface area contributed by atoms with Crippen molar-refractivity contribution < 1.29 is 19.3 Å². The van der Waals surface area contributed by atoms with Crippen LogP contribution in [0.1, 0.15) is 194 Å². The summed E-state index contributed by atoms with van der Waals surface area (Å²) in [4.78, 5) is 0. The van der Waals surface area contributed by atoms with Crippen molar-refractivity contribution in [3.8, 4) is 0 Å². The molecule has 0 heterocycles. The Balaban J connectivity index is 3.62. The number of aliphatic hydroxyl groups excluding tert-OH is 1. The zero-order valence-electron chi connectivity index (χ0n) is 29.4. The molecule has 0 rings (SSSR count). The van der Waals surface area contributed by atoms with Crippen molar-refractivity contribution in [2.45, 2.75) is 206 Å². The van der Waals surface area contributed by atoms with Crippen LogP contribution in [0.2, 0.25) is 0 Å². The summed E-state index contributed by atoms with van der Waals surface area (Å²) in [5.41, 5.74) is 5.55. The zero-order chi connectivity index (χ0) is 31.3. The van der Waals surface area contributed by atoms with Crippen molar-refractivity contribution >= 4 is 0 Å². The number of aliphatic hydroxyl groups is 1. The zero-order valence-corrected chi connectivity index (χ0v) is 29.4. The van der Waals surface area contributed by atoms with Crippen LogP contribution >= 0.6 is 0 Å². The van der Waals surface area contributed by atoms with E-state index in [1.54, 1.807) is 0 Å². The van der Waals surface area contributed by atoms with Gasteiger partial charge in [0.2, 0.25) is 0 Å². The third kappa shape index (κ3) is 36.1. The minimum atomic E-state index is -0.626. The first-order valence-corrected chi connectivity index (χ1v) is 19.4. The lowest BCUT2D eigenvalue weighted by Gasteiger charge is -2.20. The fourth-order valence-corrected chi connectivity index (χ4v) is 5.69. The third-order valence-electron chi connectivity index (χ3n) is 8.69. The van der Waals surface area contributed by atoms with Gasteiger partial charge in [-0.05, 0) is 12.8 Å². The van der Waals surface area contributed by atoms with Crippen molar-refractivity contribution in [3.05, 3.63) is 0 Å². The molecule has 0 aromatic heterocycles. The first-order chi connectivity index (χ1) is 21.2. The number of hydrogen-bond acceptors (Lipinski definition) is 5. The largest absolute Gasteiger partial charge is 0.389 e. The van der Waals surface area contributed by atoms with Gasteiger partial charge in [0.1, 0.15) is 6.10 Å². The number of nitrogens with two attached hydrogens (primary N) is 1. The molecule has 0 fully saturated rings. The number of unbranched alkanes of at least 4 members (excludes halogenated alkanes) is 26. The highest BCUT2D eigenvalue weighted by Gasteiger charge is 2.12. The molecule has 1 unspecified atom stereocenters. The molecule has 0 saturated carbocycles. The maximum absolute atomic E-state index is 9.80. The second-order valence-corrected chi connectivity index (χ2v) is 13.2. The molecule has 0 radical (unpaired) electrons. The summed E-state index contributed by atoms with van der Waals surface area (Å²) in [6, 6.07) is 0. The summed E-state index contributed by atoms with van der Waals surface area (Å²) in [6.45, 7) is 7.62. The highest BCUT2D eigenvalue weighted by atomic mass is 16.6. The van der Waals surface area contributed by atoms with Crippen molar-refractivity contribution in [2.75, 3.05) is 39.6 Å². The summed E-state index contributed by atoms with van der Waals surface area (Å²) >= 11 is 0. The van der Waals surface area contributed by atoms with E-state index >= 15 is 0 Å². The SMILES string of the molecule is CCCCCCCCCCCCCCCCOCC(COCCCCCCCCCCCCCCCC)OCC(O)CN. The van der Waals surface area contributed by atoms with Gasteiger partial charge in [-0.15, -0.1) is 0 Å². The van der Waals surface area contributed by atoms with Crippen LogP contribution in [0.3, 0.4) is 0 Å². The van der Waals surface area contributed by atoms with Gasteiger partial charge in [-0.25, -0.2) is 0 Å². The molecule has 0 aliphatic carbocycles. The normalized spacial score (nSPS) is 12.5. The highest BCUT2D eigenvalue weighted by molar-refractivity contribution is 4.60. The van der Waals surface area contributed by atoms with Crippen LogP contribution in [0.4, 0.5) is 0 Å². The van der Waals surface area contributed by atoms with Crippen LogP contribution in [0.5, 0.6) is 0 Å². The first-order valence-electron chi connectivity index (χ1n) is 19.4. The third-order valence-corrected chi connectivity index (χ3v) is 8.69. The van der Waals surface area contributed by atoms with Crippen LogP contribution < -0.4 is 5.73 Å². The Bertz CT molecular complexity index is 457. The molecular weight excluding hydrogens is 534 g/mol. The summed E-state index contributed by atoms with van der Waals surface area (Å²) in [5, 5.41) is 9.80. The summed E-state index contributed by atoms with van der Waals surface area (Å²) in [5.74, 6) is 0. The van der Waals surface area contributed by atoms with Crippen molar-refractivity contribution in [2.24, 2.45) is 5.73 Å². The maximum atomic E-state index is 9.80. The topological polar surface area (TPSA) is 73.9 Å². The lowest BCUT2D eigenvalue weighted by Crippen LogP contribution is -2.32. The fraction of sp³-hybridized carbons (Fsp3) is 1.00. The minimum absolute atomic E-state index is 0.139. The molecule has 0 aromatic carbocycles. The Morgan fingerprint density at radius 2 is 0.698 bits per heavy atom. The lowest BCUT2D eigenvalue weighted by atomic mass is 10.0. The molecule has 0 spiro atoms. The van der Waals surface area contributed by atoms with Gasteiger partial charge in [0.25, 0.3) is 0 Å². The Kier molecular flexibility index (Phi) is 37.8. The molecule has 43 heavy (non-hydrogen) atoms. The van der Waals surface area contributed by atoms with Gasteiger partial charge < -0.3 is 25.1 Å². The standard InChI is InChI=1S/C38H79NO4/c1-3-5-7-9-11-13-15-17-19-21-23-25-27-29-31-41-35-38(43-34-37(40)33-39)36-42-32-30-28-26-24-22-20-18-16-14-12-10-8-6-4-2/h37-38,40H,3-36,39H2,1-2H3. The second-order valence-electron chi connectivity index (χ2n) is 13.2. The van der Waals surface area contributed by atoms with Crippen LogP contribution in [0.15, 0.2) is 0 Å². The van der Waals surface area contributed by atoms with Gasteiger partial charge in [0, 0.05) is 19.8 Å². The predicted molar refractivity (Wildman–Crippen MR) is 187 cm³/mol. The van der Waals surface area contributed by atoms with Gasteiger partial charge in [-0.2, -0.15) is 0 Å². The van der Waals surface area contributed by atoms with Crippen LogP contribution in [-0.4, -0.2) is 56.9 Å². The van der Waals surface area contributed by atoms with Crippen molar-refractivity contribution in [1.82, 2.24) is 0 Å².